The Hall–Kier alpha value is -3.00. The third kappa shape index (κ3) is 3.04. The first-order valence-corrected chi connectivity index (χ1v) is 7.82. The summed E-state index contributed by atoms with van der Waals surface area (Å²) in [5.41, 5.74) is 2.97. The number of aryl methyl sites for hydroxylation is 1. The van der Waals surface area contributed by atoms with Crippen molar-refractivity contribution >= 4 is 11.7 Å². The van der Waals surface area contributed by atoms with Crippen LogP contribution in [0.25, 0.3) is 0 Å². The van der Waals surface area contributed by atoms with Crippen molar-refractivity contribution in [2.24, 2.45) is 0 Å². The zero-order valence-corrected chi connectivity index (χ0v) is 13.5. The third-order valence-corrected chi connectivity index (χ3v) is 4.21. The first kappa shape index (κ1) is 15.9. The van der Waals surface area contributed by atoms with Crippen LogP contribution < -0.4 is 10.1 Å². The summed E-state index contributed by atoms with van der Waals surface area (Å²) in [4.78, 5) is 18.6. The molecule has 2 amide bonds. The van der Waals surface area contributed by atoms with Crippen LogP contribution in [0.1, 0.15) is 23.6 Å². The highest BCUT2D eigenvalue weighted by molar-refractivity contribution is 5.91. The molecule has 0 radical (unpaired) electrons. The number of carbonyl (C=O) groups excluding carboxylic acids is 1. The second kappa shape index (κ2) is 7.05. The predicted molar refractivity (Wildman–Crippen MR) is 92.9 cm³/mol. The number of urea groups is 1. The van der Waals surface area contributed by atoms with Crippen LogP contribution in [-0.2, 0) is 6.42 Å². The van der Waals surface area contributed by atoms with Gasteiger partial charge < -0.3 is 15.0 Å². The third-order valence-electron chi connectivity index (χ3n) is 4.21. The molecule has 0 spiro atoms. The minimum atomic E-state index is -0.249. The Kier molecular flexibility index (Phi) is 4.66. The van der Waals surface area contributed by atoms with Gasteiger partial charge in [0.2, 0.25) is 5.88 Å². The number of benzene rings is 1. The van der Waals surface area contributed by atoms with Crippen molar-refractivity contribution in [3.05, 3.63) is 53.7 Å². The summed E-state index contributed by atoms with van der Waals surface area (Å²) in [5.74, 6) is 2.96. The maximum atomic E-state index is 12.8. The molecule has 5 heteroatoms. The molecular weight excluding hydrogens is 302 g/mol. The lowest BCUT2D eigenvalue weighted by Crippen LogP contribution is -2.37. The lowest BCUT2D eigenvalue weighted by molar-refractivity contribution is 0.197. The molecule has 1 atom stereocenters. The molecule has 0 saturated heterocycles. The maximum Gasteiger partial charge on any atom is 0.323 e. The number of aromatic nitrogens is 1. The molecule has 5 nitrogen and oxygen atoms in total. The Morgan fingerprint density at radius 2 is 2.25 bits per heavy atom. The molecule has 0 saturated carbocycles. The van der Waals surface area contributed by atoms with Gasteiger partial charge in [0, 0.05) is 6.20 Å². The number of methoxy groups -OCH3 is 1. The number of hydrogen-bond acceptors (Lipinski definition) is 3. The average molecular weight is 321 g/mol. The number of rotatable bonds is 4. The molecule has 1 aromatic carbocycles. The van der Waals surface area contributed by atoms with Crippen LogP contribution in [0.15, 0.2) is 42.6 Å². The monoisotopic (exact) mass is 321 g/mol. The van der Waals surface area contributed by atoms with Gasteiger partial charge in [-0.25, -0.2) is 9.78 Å². The van der Waals surface area contributed by atoms with Gasteiger partial charge in [0.05, 0.1) is 19.7 Å². The highest BCUT2D eigenvalue weighted by Crippen LogP contribution is 2.36. The summed E-state index contributed by atoms with van der Waals surface area (Å²) < 4.78 is 5.18. The van der Waals surface area contributed by atoms with E-state index in [4.69, 9.17) is 11.2 Å². The molecule has 2 aromatic rings. The number of nitrogens with one attached hydrogen (secondary N) is 1. The van der Waals surface area contributed by atoms with Crippen molar-refractivity contribution in [1.29, 1.82) is 0 Å². The Labute approximate surface area is 141 Å². The number of amides is 2. The Morgan fingerprint density at radius 3 is 3.04 bits per heavy atom. The number of anilines is 1. The van der Waals surface area contributed by atoms with Gasteiger partial charge in [-0.3, -0.25) is 0 Å². The highest BCUT2D eigenvalue weighted by Gasteiger charge is 2.30. The van der Waals surface area contributed by atoms with E-state index in [2.05, 4.69) is 28.4 Å². The van der Waals surface area contributed by atoms with Crippen molar-refractivity contribution in [3.63, 3.8) is 0 Å². The van der Waals surface area contributed by atoms with Crippen LogP contribution in [-0.4, -0.2) is 29.6 Å². The van der Waals surface area contributed by atoms with Crippen molar-refractivity contribution < 1.29 is 9.53 Å². The smallest absolute Gasteiger partial charge is 0.323 e. The summed E-state index contributed by atoms with van der Waals surface area (Å²) >= 11 is 0. The predicted octanol–water partition coefficient (Wildman–Crippen LogP) is 3.24. The van der Waals surface area contributed by atoms with Gasteiger partial charge in [0.15, 0.2) is 0 Å². The van der Waals surface area contributed by atoms with Gasteiger partial charge in [-0.15, -0.1) is 6.42 Å². The average Bonchev–Trinajstić information content (AvgIpc) is 3.04. The van der Waals surface area contributed by atoms with E-state index in [9.17, 15) is 4.79 Å². The van der Waals surface area contributed by atoms with Gasteiger partial charge in [-0.05, 0) is 36.1 Å². The number of ether oxygens (including phenoxy) is 1. The van der Waals surface area contributed by atoms with E-state index in [1.807, 2.05) is 12.1 Å². The van der Waals surface area contributed by atoms with E-state index in [0.29, 0.717) is 11.6 Å². The topological polar surface area (TPSA) is 54.5 Å². The molecule has 0 fully saturated rings. The molecule has 3 rings (SSSR count). The first-order valence-electron chi connectivity index (χ1n) is 7.82. The minimum Gasteiger partial charge on any atom is -0.480 e. The summed E-state index contributed by atoms with van der Waals surface area (Å²) in [6.07, 6.45) is 8.93. The second-order valence-electron chi connectivity index (χ2n) is 5.58. The Balaban J connectivity index is 1.84. The van der Waals surface area contributed by atoms with Crippen LogP contribution in [0.3, 0.4) is 0 Å². The summed E-state index contributed by atoms with van der Waals surface area (Å²) in [6.45, 7) is 0.243. The van der Waals surface area contributed by atoms with Gasteiger partial charge >= 0.3 is 6.03 Å². The fourth-order valence-corrected chi connectivity index (χ4v) is 3.12. The lowest BCUT2D eigenvalue weighted by atomic mass is 10.1. The van der Waals surface area contributed by atoms with Crippen LogP contribution >= 0.6 is 0 Å². The normalized spacial score (nSPS) is 15.2. The molecule has 1 N–H and O–H groups in total. The van der Waals surface area contributed by atoms with Crippen LogP contribution in [0.4, 0.5) is 10.5 Å². The van der Waals surface area contributed by atoms with Crippen LogP contribution in [0, 0.1) is 12.3 Å². The van der Waals surface area contributed by atoms with Crippen molar-refractivity contribution in [1.82, 2.24) is 9.88 Å². The molecule has 0 aliphatic heterocycles. The molecule has 1 aliphatic rings. The highest BCUT2D eigenvalue weighted by atomic mass is 16.5. The maximum absolute atomic E-state index is 12.8. The fraction of sp³-hybridized carbons (Fsp3) is 0.263. The largest absolute Gasteiger partial charge is 0.480 e. The van der Waals surface area contributed by atoms with Crippen molar-refractivity contribution in [2.75, 3.05) is 19.0 Å². The van der Waals surface area contributed by atoms with Gasteiger partial charge in [0.1, 0.15) is 5.69 Å². The minimum absolute atomic E-state index is 0.0140. The molecule has 0 bridgehead atoms. The van der Waals surface area contributed by atoms with Crippen molar-refractivity contribution in [3.8, 4) is 18.2 Å². The van der Waals surface area contributed by atoms with Gasteiger partial charge in [-0.2, -0.15) is 0 Å². The molecule has 1 aromatic heterocycles. The number of nitrogens with zero attached hydrogens (tertiary/aromatic N) is 2. The molecule has 1 unspecified atom stereocenters. The van der Waals surface area contributed by atoms with Crippen LogP contribution in [0.5, 0.6) is 5.88 Å². The van der Waals surface area contributed by atoms with Gasteiger partial charge in [-0.1, -0.05) is 30.2 Å². The van der Waals surface area contributed by atoms with E-state index < -0.39 is 0 Å². The number of carbonyl (C=O) groups is 1. The lowest BCUT2D eigenvalue weighted by Gasteiger charge is -2.28. The Bertz CT molecular complexity index is 782. The molecule has 1 aliphatic carbocycles. The van der Waals surface area contributed by atoms with E-state index in [0.717, 1.165) is 12.8 Å². The first-order chi connectivity index (χ1) is 11.7. The van der Waals surface area contributed by atoms with E-state index in [1.165, 1.54) is 18.2 Å². The van der Waals surface area contributed by atoms with Crippen molar-refractivity contribution in [2.45, 2.75) is 18.9 Å². The van der Waals surface area contributed by atoms with E-state index in [1.54, 1.807) is 23.2 Å². The number of hydrogen-bond donors (Lipinski definition) is 1. The zero-order valence-electron chi connectivity index (χ0n) is 13.5. The van der Waals surface area contributed by atoms with Gasteiger partial charge in [0.25, 0.3) is 0 Å². The Morgan fingerprint density at radius 1 is 1.42 bits per heavy atom. The number of pyridine rings is 1. The molecule has 24 heavy (non-hydrogen) atoms. The second-order valence-corrected chi connectivity index (χ2v) is 5.58. The molecule has 1 heterocycles. The summed E-state index contributed by atoms with van der Waals surface area (Å²) in [6, 6.07) is 11.4. The summed E-state index contributed by atoms with van der Waals surface area (Å²) in [7, 11) is 1.52. The fourth-order valence-electron chi connectivity index (χ4n) is 3.12. The van der Waals surface area contributed by atoms with Crippen LogP contribution in [0.2, 0.25) is 0 Å². The van der Waals surface area contributed by atoms with E-state index in [-0.39, 0.29) is 18.6 Å². The zero-order chi connectivity index (χ0) is 16.9. The molecular formula is C19H19N3O2. The standard InChI is InChI=1S/C19H19N3O2/c1-3-13-22(17-11-10-14-7-4-5-8-15(14)17)19(23)21-16-9-6-12-20-18(16)24-2/h1,4-9,12,17H,10-11,13H2,2H3,(H,21,23). The quantitative estimate of drug-likeness (QED) is 0.880. The summed E-state index contributed by atoms with van der Waals surface area (Å²) in [5, 5.41) is 2.86. The van der Waals surface area contributed by atoms with E-state index >= 15 is 0 Å². The number of terminal acetylenes is 1. The number of fused-ring (bicyclic) bond motifs is 1. The molecule has 122 valence electrons. The SMILES string of the molecule is C#CCN(C(=O)Nc1cccnc1OC)C1CCc2ccccc21.